The number of nitrogens with zero attached hydrogens (tertiary/aromatic N) is 2. The summed E-state index contributed by atoms with van der Waals surface area (Å²) in [5.74, 6) is 3.29. The van der Waals surface area contributed by atoms with Crippen molar-refractivity contribution in [2.45, 2.75) is 40.2 Å². The van der Waals surface area contributed by atoms with Crippen LogP contribution in [-0.4, -0.2) is 39.9 Å². The second kappa shape index (κ2) is 15.2. The number of nitrogens with two attached hydrogens (primary N) is 1. The molecule has 0 bridgehead atoms. The van der Waals surface area contributed by atoms with Crippen LogP contribution in [0.2, 0.25) is 0 Å². The zero-order valence-electron chi connectivity index (χ0n) is 16.0. The van der Waals surface area contributed by atoms with E-state index in [9.17, 15) is 0 Å². The molecule has 0 saturated carbocycles. The second-order valence-electron chi connectivity index (χ2n) is 4.80. The molecule has 0 aliphatic heterocycles. The lowest BCUT2D eigenvalue weighted by atomic mass is 10.1. The predicted molar refractivity (Wildman–Crippen MR) is 106 cm³/mol. The molecule has 4 N–H and O–H groups in total. The minimum absolute atomic E-state index is 0.0442. The van der Waals surface area contributed by atoms with Crippen molar-refractivity contribution >= 4 is 16.9 Å². The Labute approximate surface area is 151 Å². The molecule has 6 heteroatoms. The van der Waals surface area contributed by atoms with E-state index in [2.05, 4.69) is 34.0 Å². The molecule has 0 unspecified atom stereocenters. The molecule has 2 aromatic heterocycles. The van der Waals surface area contributed by atoms with Gasteiger partial charge in [0.25, 0.3) is 0 Å². The molecule has 6 nitrogen and oxygen atoms in total. The van der Waals surface area contributed by atoms with Crippen molar-refractivity contribution in [3.63, 3.8) is 0 Å². The first-order valence-electron chi connectivity index (χ1n) is 8.17. The summed E-state index contributed by atoms with van der Waals surface area (Å²) >= 11 is 0. The Hall–Kier alpha value is -2.36. The number of aliphatic hydroxyl groups excluding tert-OH is 1. The molecular formula is C19H32N4O2. The number of ether oxygens (including phenoxy) is 1. The van der Waals surface area contributed by atoms with Crippen LogP contribution < -0.4 is 5.73 Å². The largest absolute Gasteiger partial charge is 0.394 e. The maximum absolute atomic E-state index is 8.68. The van der Waals surface area contributed by atoms with Gasteiger partial charge < -0.3 is 20.6 Å². The summed E-state index contributed by atoms with van der Waals surface area (Å²) < 4.78 is 4.93. The van der Waals surface area contributed by atoms with E-state index >= 15 is 0 Å². The molecule has 2 aromatic rings. The van der Waals surface area contributed by atoms with Crippen LogP contribution in [0.5, 0.6) is 0 Å². The van der Waals surface area contributed by atoms with E-state index in [-0.39, 0.29) is 18.6 Å². The van der Waals surface area contributed by atoms with Crippen molar-refractivity contribution in [3.05, 3.63) is 31.2 Å². The zero-order chi connectivity index (χ0) is 19.8. The highest BCUT2D eigenvalue weighted by Crippen LogP contribution is 2.18. The third kappa shape index (κ3) is 8.89. The van der Waals surface area contributed by atoms with E-state index in [0.717, 1.165) is 23.0 Å². The van der Waals surface area contributed by atoms with Gasteiger partial charge in [-0.3, -0.25) is 0 Å². The third-order valence-electron chi connectivity index (χ3n) is 3.13. The average Bonchev–Trinajstić information content (AvgIpc) is 3.05. The molecule has 25 heavy (non-hydrogen) atoms. The minimum atomic E-state index is -0.106. The van der Waals surface area contributed by atoms with Crippen molar-refractivity contribution in [1.29, 1.82) is 0 Å². The molecule has 140 valence electrons. The SMILES string of the molecule is C#C[C@H](C)C[C@@H](CO)OC.C=C.CC.Cc1c[nH]c2ncnc(N)c12. The summed E-state index contributed by atoms with van der Waals surface area (Å²) in [6, 6.07) is 0. The Bertz CT molecular complexity index is 615. The molecule has 2 atom stereocenters. The Kier molecular flexibility index (Phi) is 15.1. The maximum atomic E-state index is 8.68. The summed E-state index contributed by atoms with van der Waals surface area (Å²) in [6.07, 6.45) is 9.09. The summed E-state index contributed by atoms with van der Waals surface area (Å²) in [4.78, 5) is 10.9. The van der Waals surface area contributed by atoms with Crippen LogP contribution in [0, 0.1) is 25.2 Å². The first-order chi connectivity index (χ1) is 12.0. The van der Waals surface area contributed by atoms with Gasteiger partial charge in [0, 0.05) is 19.2 Å². The molecule has 2 heterocycles. The van der Waals surface area contributed by atoms with Crippen LogP contribution in [0.15, 0.2) is 25.7 Å². The molecule has 0 fully saturated rings. The number of H-pyrrole nitrogens is 1. The highest BCUT2D eigenvalue weighted by atomic mass is 16.5. The van der Waals surface area contributed by atoms with E-state index in [4.69, 9.17) is 22.0 Å². The number of aryl methyl sites for hydroxylation is 1. The van der Waals surface area contributed by atoms with Crippen molar-refractivity contribution < 1.29 is 9.84 Å². The summed E-state index contributed by atoms with van der Waals surface area (Å²) in [5.41, 5.74) is 7.51. The average molecular weight is 348 g/mol. The van der Waals surface area contributed by atoms with Gasteiger partial charge >= 0.3 is 0 Å². The van der Waals surface area contributed by atoms with Crippen molar-refractivity contribution in [2.75, 3.05) is 19.5 Å². The van der Waals surface area contributed by atoms with Crippen molar-refractivity contribution in [3.8, 4) is 12.3 Å². The smallest absolute Gasteiger partial charge is 0.143 e. The topological polar surface area (TPSA) is 97.0 Å². The van der Waals surface area contributed by atoms with Crippen LogP contribution in [0.1, 0.15) is 32.8 Å². The van der Waals surface area contributed by atoms with Gasteiger partial charge in [-0.2, -0.15) is 0 Å². The van der Waals surface area contributed by atoms with Gasteiger partial charge in [-0.1, -0.05) is 20.8 Å². The number of rotatable bonds is 4. The van der Waals surface area contributed by atoms with Crippen LogP contribution in [0.3, 0.4) is 0 Å². The Morgan fingerprint density at radius 3 is 2.44 bits per heavy atom. The Morgan fingerprint density at radius 2 is 2.00 bits per heavy atom. The lowest BCUT2D eigenvalue weighted by Crippen LogP contribution is -2.18. The van der Waals surface area contributed by atoms with E-state index in [0.29, 0.717) is 5.82 Å². The number of aromatic nitrogens is 3. The first kappa shape index (κ1) is 24.9. The van der Waals surface area contributed by atoms with Crippen molar-refractivity contribution in [2.24, 2.45) is 5.92 Å². The van der Waals surface area contributed by atoms with Gasteiger partial charge in [-0.15, -0.1) is 25.5 Å². The van der Waals surface area contributed by atoms with Gasteiger partial charge in [0.2, 0.25) is 0 Å². The van der Waals surface area contributed by atoms with Crippen LogP contribution in [-0.2, 0) is 4.74 Å². The van der Waals surface area contributed by atoms with Gasteiger partial charge in [0.1, 0.15) is 17.8 Å². The summed E-state index contributed by atoms with van der Waals surface area (Å²) in [5, 5.41) is 9.60. The monoisotopic (exact) mass is 348 g/mol. The number of nitrogen functional groups attached to an aromatic ring is 1. The minimum Gasteiger partial charge on any atom is -0.394 e. The normalized spacial score (nSPS) is 11.4. The molecular weight excluding hydrogens is 316 g/mol. The molecule has 0 aliphatic rings. The van der Waals surface area contributed by atoms with Gasteiger partial charge in [-0.05, 0) is 18.9 Å². The predicted octanol–water partition coefficient (Wildman–Crippen LogP) is 3.33. The third-order valence-corrected chi connectivity index (χ3v) is 3.13. The quantitative estimate of drug-likeness (QED) is 0.581. The number of nitrogens with one attached hydrogen (secondary N) is 1. The van der Waals surface area contributed by atoms with Gasteiger partial charge in [-0.25, -0.2) is 9.97 Å². The zero-order valence-corrected chi connectivity index (χ0v) is 16.0. The van der Waals surface area contributed by atoms with Gasteiger partial charge in [0.15, 0.2) is 0 Å². The molecule has 2 rings (SSSR count). The Morgan fingerprint density at radius 1 is 1.40 bits per heavy atom. The molecule has 0 spiro atoms. The fraction of sp³-hybridized carbons (Fsp3) is 0.474. The number of aromatic amines is 1. The van der Waals surface area contributed by atoms with Crippen LogP contribution in [0.4, 0.5) is 5.82 Å². The fourth-order valence-corrected chi connectivity index (χ4v) is 1.85. The van der Waals surface area contributed by atoms with E-state index in [1.54, 1.807) is 7.11 Å². The first-order valence-corrected chi connectivity index (χ1v) is 8.17. The molecule has 0 radical (unpaired) electrons. The highest BCUT2D eigenvalue weighted by molar-refractivity contribution is 5.88. The van der Waals surface area contributed by atoms with E-state index in [1.165, 1.54) is 6.33 Å². The Balaban J connectivity index is 0. The number of methoxy groups -OCH3 is 1. The number of hydrogen-bond donors (Lipinski definition) is 3. The van der Waals surface area contributed by atoms with E-state index in [1.807, 2.05) is 33.9 Å². The molecule has 0 saturated heterocycles. The summed E-state index contributed by atoms with van der Waals surface area (Å²) in [6.45, 7) is 13.9. The number of hydrogen-bond acceptors (Lipinski definition) is 5. The maximum Gasteiger partial charge on any atom is 0.143 e. The summed E-state index contributed by atoms with van der Waals surface area (Å²) in [7, 11) is 1.57. The molecule has 0 amide bonds. The van der Waals surface area contributed by atoms with Gasteiger partial charge in [0.05, 0.1) is 18.1 Å². The fourth-order valence-electron chi connectivity index (χ4n) is 1.85. The second-order valence-corrected chi connectivity index (χ2v) is 4.80. The number of terminal acetylenes is 1. The number of fused-ring (bicyclic) bond motifs is 1. The van der Waals surface area contributed by atoms with Crippen molar-refractivity contribution in [1.82, 2.24) is 15.0 Å². The van der Waals surface area contributed by atoms with Crippen LogP contribution in [0.25, 0.3) is 11.0 Å². The number of anilines is 1. The van der Waals surface area contributed by atoms with E-state index < -0.39 is 0 Å². The highest BCUT2D eigenvalue weighted by Gasteiger charge is 2.08. The molecule has 0 aliphatic carbocycles. The standard InChI is InChI=1S/C8H14O2.C7H8N4.C2H6.C2H4/c1-4-7(2)5-8(6-9)10-3;1-4-2-9-7-5(4)6(8)10-3-11-7;2*1-2/h1,7-9H,5-6H2,2-3H3;2-3H,1H3,(H3,8,9,10,11);1-2H3;1-2H2/t7-,8-;;;/m0.../s1. The van der Waals surface area contributed by atoms with Crippen LogP contribution >= 0.6 is 0 Å². The molecule has 0 aromatic carbocycles. The lowest BCUT2D eigenvalue weighted by molar-refractivity contribution is 0.0379. The number of aliphatic hydroxyl groups is 1. The lowest BCUT2D eigenvalue weighted by Gasteiger charge is -2.13.